The molecule has 3 amide bonds. The highest BCUT2D eigenvalue weighted by Crippen LogP contribution is 2.40. The molecule has 0 saturated carbocycles. The lowest BCUT2D eigenvalue weighted by atomic mass is 9.79. The summed E-state index contributed by atoms with van der Waals surface area (Å²) < 4.78 is 38.7. The number of amides is 3. The molecule has 30 heavy (non-hydrogen) atoms. The molecule has 1 saturated heterocycles. The number of rotatable bonds is 4. The van der Waals surface area contributed by atoms with E-state index in [1.807, 2.05) is 0 Å². The van der Waals surface area contributed by atoms with Gasteiger partial charge in [0, 0.05) is 11.5 Å². The van der Waals surface area contributed by atoms with E-state index in [0.717, 1.165) is 29.8 Å². The van der Waals surface area contributed by atoms with Crippen LogP contribution >= 0.6 is 0 Å². The van der Waals surface area contributed by atoms with Gasteiger partial charge in [0.25, 0.3) is 5.91 Å². The van der Waals surface area contributed by atoms with Crippen LogP contribution in [0.1, 0.15) is 33.5 Å². The van der Waals surface area contributed by atoms with Crippen molar-refractivity contribution in [1.29, 1.82) is 0 Å². The second-order valence-corrected chi connectivity index (χ2v) is 7.29. The van der Waals surface area contributed by atoms with Gasteiger partial charge >= 0.3 is 12.2 Å². The molecule has 0 spiro atoms. The molecular formula is C20H16F3N3O4. The van der Waals surface area contributed by atoms with E-state index in [1.54, 1.807) is 12.1 Å². The van der Waals surface area contributed by atoms with Crippen LogP contribution in [0.4, 0.5) is 18.0 Å². The maximum Gasteiger partial charge on any atom is 0.416 e. The molecule has 2 aromatic carbocycles. The van der Waals surface area contributed by atoms with Gasteiger partial charge in [-0.25, -0.2) is 4.79 Å². The van der Waals surface area contributed by atoms with Gasteiger partial charge in [-0.3, -0.25) is 14.9 Å². The van der Waals surface area contributed by atoms with Crippen LogP contribution in [-0.2, 0) is 22.9 Å². The minimum absolute atomic E-state index is 0.109. The number of alkyl halides is 3. The number of ketones is 1. The van der Waals surface area contributed by atoms with Crippen molar-refractivity contribution in [3.63, 3.8) is 0 Å². The number of nitrogens with one attached hydrogen (secondary N) is 2. The molecule has 4 N–H and O–H groups in total. The average Bonchev–Trinajstić information content (AvgIpc) is 3.17. The van der Waals surface area contributed by atoms with Gasteiger partial charge in [0.1, 0.15) is 11.3 Å². The maximum atomic E-state index is 12.9. The van der Waals surface area contributed by atoms with Crippen molar-refractivity contribution in [1.82, 2.24) is 10.6 Å². The molecule has 0 aromatic heterocycles. The number of Topliss-reactive ketones (excluding diaryl/α,β-unsaturated/α-hetero) is 1. The molecule has 10 heteroatoms. The van der Waals surface area contributed by atoms with Gasteiger partial charge < -0.3 is 10.2 Å². The third-order valence-corrected chi connectivity index (χ3v) is 5.52. The number of benzene rings is 2. The number of hydrogen-bond donors (Lipinski definition) is 3. The molecule has 1 fully saturated rings. The number of urea groups is 1. The van der Waals surface area contributed by atoms with Gasteiger partial charge in [0.15, 0.2) is 5.78 Å². The largest absolute Gasteiger partial charge is 0.416 e. The van der Waals surface area contributed by atoms with Crippen molar-refractivity contribution in [2.75, 3.05) is 0 Å². The van der Waals surface area contributed by atoms with E-state index in [-0.39, 0.29) is 17.8 Å². The van der Waals surface area contributed by atoms with Crippen molar-refractivity contribution < 1.29 is 32.4 Å². The highest BCUT2D eigenvalue weighted by atomic mass is 19.4. The van der Waals surface area contributed by atoms with Gasteiger partial charge in [-0.15, -0.1) is 0 Å². The molecule has 2 aromatic rings. The van der Waals surface area contributed by atoms with Crippen LogP contribution in [0, 0.1) is 5.92 Å². The van der Waals surface area contributed by atoms with Gasteiger partial charge in [-0.05, 0) is 48.2 Å². The van der Waals surface area contributed by atoms with E-state index in [4.69, 9.17) is 5.90 Å². The molecule has 0 radical (unpaired) electrons. The fraction of sp³-hybridized carbons (Fsp3) is 0.250. The first-order valence-corrected chi connectivity index (χ1v) is 8.99. The molecule has 7 nitrogen and oxygen atoms in total. The third-order valence-electron chi connectivity index (χ3n) is 5.52. The molecule has 156 valence electrons. The zero-order chi connectivity index (χ0) is 21.7. The molecular weight excluding hydrogens is 403 g/mol. The van der Waals surface area contributed by atoms with Crippen LogP contribution in [0.5, 0.6) is 5.75 Å². The van der Waals surface area contributed by atoms with Crippen LogP contribution < -0.4 is 21.4 Å². The van der Waals surface area contributed by atoms with Gasteiger partial charge in [0.2, 0.25) is 0 Å². The summed E-state index contributed by atoms with van der Waals surface area (Å²) in [6.07, 6.45) is -4.34. The first-order valence-electron chi connectivity index (χ1n) is 8.99. The summed E-state index contributed by atoms with van der Waals surface area (Å²) in [5.74, 6) is 3.79. The first-order chi connectivity index (χ1) is 14.1. The predicted octanol–water partition coefficient (Wildman–Crippen LogP) is 2.44. The van der Waals surface area contributed by atoms with Crippen LogP contribution in [0.3, 0.4) is 0 Å². The van der Waals surface area contributed by atoms with Crippen molar-refractivity contribution in [2.24, 2.45) is 11.8 Å². The summed E-state index contributed by atoms with van der Waals surface area (Å²) >= 11 is 0. The van der Waals surface area contributed by atoms with Crippen LogP contribution in [-0.4, -0.2) is 17.7 Å². The quantitative estimate of drug-likeness (QED) is 0.521. The van der Waals surface area contributed by atoms with Gasteiger partial charge in [0.05, 0.1) is 5.56 Å². The number of fused-ring (bicyclic) bond motifs is 1. The number of halogens is 3. The lowest BCUT2D eigenvalue weighted by molar-refractivity contribution is -0.137. The number of carbonyl (C=O) groups is 3. The number of carbonyl (C=O) groups excluding carboxylic acids is 3. The predicted molar refractivity (Wildman–Crippen MR) is 97.2 cm³/mol. The van der Waals surface area contributed by atoms with E-state index < -0.39 is 35.1 Å². The number of nitrogens with two attached hydrogens (primary N) is 1. The van der Waals surface area contributed by atoms with Crippen LogP contribution in [0.15, 0.2) is 42.5 Å². The molecule has 2 unspecified atom stereocenters. The normalized spacial score (nSPS) is 23.2. The lowest BCUT2D eigenvalue weighted by Crippen LogP contribution is -2.46. The molecule has 0 bridgehead atoms. The Morgan fingerprint density at radius 3 is 2.37 bits per heavy atom. The van der Waals surface area contributed by atoms with Crippen molar-refractivity contribution in [3.8, 4) is 5.75 Å². The summed E-state index contributed by atoms with van der Waals surface area (Å²) in [6, 6.07) is 7.97. The maximum absolute atomic E-state index is 12.9. The molecule has 4 rings (SSSR count). The average molecular weight is 419 g/mol. The Hall–Kier alpha value is -3.40. The van der Waals surface area contributed by atoms with E-state index in [9.17, 15) is 27.6 Å². The topological polar surface area (TPSA) is 111 Å². The zero-order valence-electron chi connectivity index (χ0n) is 15.4. The summed E-state index contributed by atoms with van der Waals surface area (Å²) in [5.41, 5.74) is -1.25. The Balaban J connectivity index is 1.69. The smallest absolute Gasteiger partial charge is 0.412 e. The second kappa shape index (κ2) is 6.84. The Labute approximate surface area is 168 Å². The van der Waals surface area contributed by atoms with Crippen LogP contribution in [0.2, 0.25) is 0 Å². The Morgan fingerprint density at radius 1 is 1.10 bits per heavy atom. The van der Waals surface area contributed by atoms with Crippen molar-refractivity contribution >= 4 is 17.7 Å². The molecule has 1 aliphatic carbocycles. The molecule has 2 atom stereocenters. The highest BCUT2D eigenvalue weighted by Gasteiger charge is 2.51. The Morgan fingerprint density at radius 2 is 1.80 bits per heavy atom. The minimum atomic E-state index is -4.54. The summed E-state index contributed by atoms with van der Waals surface area (Å²) in [4.78, 5) is 42.1. The number of imide groups is 1. The SMILES string of the molecule is NOc1ccc2c(c1)C(=O)C(CC1(c3ccc(C(F)(F)F)cc3)NC(=O)NC1=O)C2. The van der Waals surface area contributed by atoms with E-state index in [0.29, 0.717) is 17.7 Å². The Kier molecular flexibility index (Phi) is 4.53. The van der Waals surface area contributed by atoms with Crippen molar-refractivity contribution in [2.45, 2.75) is 24.6 Å². The summed E-state index contributed by atoms with van der Waals surface area (Å²) in [6.45, 7) is 0. The highest BCUT2D eigenvalue weighted by molar-refractivity contribution is 6.08. The second-order valence-electron chi connectivity index (χ2n) is 7.29. The van der Waals surface area contributed by atoms with E-state index in [1.165, 1.54) is 6.07 Å². The van der Waals surface area contributed by atoms with Crippen LogP contribution in [0.25, 0.3) is 0 Å². The van der Waals surface area contributed by atoms with Crippen molar-refractivity contribution in [3.05, 3.63) is 64.7 Å². The lowest BCUT2D eigenvalue weighted by Gasteiger charge is -2.29. The fourth-order valence-corrected chi connectivity index (χ4v) is 4.05. The minimum Gasteiger partial charge on any atom is -0.412 e. The Bertz CT molecular complexity index is 1050. The van der Waals surface area contributed by atoms with E-state index >= 15 is 0 Å². The standard InChI is InChI=1S/C20H16F3N3O4/c21-20(22,23)13-4-2-12(3-5-13)19(17(28)25-18(29)26-19)9-11-7-10-1-6-14(30-24)8-15(10)16(11)27/h1-6,8,11H,7,9,24H2,(H2,25,26,28,29). The van der Waals surface area contributed by atoms with Gasteiger partial charge in [-0.2, -0.15) is 19.1 Å². The first kappa shape index (κ1) is 19.9. The summed E-state index contributed by atoms with van der Waals surface area (Å²) in [7, 11) is 0. The number of hydrogen-bond acceptors (Lipinski definition) is 5. The van der Waals surface area contributed by atoms with E-state index in [2.05, 4.69) is 15.5 Å². The fourth-order valence-electron chi connectivity index (χ4n) is 4.05. The monoisotopic (exact) mass is 419 g/mol. The summed E-state index contributed by atoms with van der Waals surface area (Å²) in [5, 5.41) is 4.63. The van der Waals surface area contributed by atoms with Gasteiger partial charge in [-0.1, -0.05) is 18.2 Å². The molecule has 2 aliphatic rings. The molecule has 1 aliphatic heterocycles. The molecule has 1 heterocycles. The third kappa shape index (κ3) is 3.18. The zero-order valence-corrected chi connectivity index (χ0v) is 15.4.